The molecule has 0 saturated carbocycles. The Balaban J connectivity index is 1.99. The zero-order valence-corrected chi connectivity index (χ0v) is 16.4. The highest BCUT2D eigenvalue weighted by molar-refractivity contribution is 6.32. The Labute approximate surface area is 173 Å². The minimum absolute atomic E-state index is 0.0261. The predicted molar refractivity (Wildman–Crippen MR) is 104 cm³/mol. The largest absolute Gasteiger partial charge is 0.418 e. The van der Waals surface area contributed by atoms with E-state index in [-0.39, 0.29) is 28.5 Å². The van der Waals surface area contributed by atoms with Crippen molar-refractivity contribution in [1.29, 1.82) is 0 Å². The van der Waals surface area contributed by atoms with Crippen molar-refractivity contribution in [2.75, 3.05) is 0 Å². The molecule has 3 N–H and O–H groups in total. The smallest absolute Gasteiger partial charge is 0.365 e. The molecule has 0 atom stereocenters. The van der Waals surface area contributed by atoms with Gasteiger partial charge in [-0.3, -0.25) is 9.89 Å². The van der Waals surface area contributed by atoms with E-state index in [4.69, 9.17) is 28.9 Å². The van der Waals surface area contributed by atoms with Crippen LogP contribution in [0.1, 0.15) is 32.7 Å². The number of primary amides is 1. The summed E-state index contributed by atoms with van der Waals surface area (Å²) in [6, 6.07) is 6.94. The molecule has 29 heavy (non-hydrogen) atoms. The monoisotopic (exact) mass is 443 g/mol. The number of halogens is 5. The lowest BCUT2D eigenvalue weighted by Crippen LogP contribution is -2.13. The normalized spacial score (nSPS) is 12.1. The van der Waals surface area contributed by atoms with Crippen LogP contribution in [0.5, 0.6) is 0 Å². The number of nitrogens with two attached hydrogens (primary N) is 1. The number of benzene rings is 1. The number of aryl methyl sites for hydroxylation is 1. The second kappa shape index (κ2) is 7.92. The zero-order chi connectivity index (χ0) is 21.3. The van der Waals surface area contributed by atoms with Crippen LogP contribution in [0.15, 0.2) is 35.5 Å². The van der Waals surface area contributed by atoms with Crippen LogP contribution in [-0.2, 0) is 19.6 Å². The lowest BCUT2D eigenvalue weighted by atomic mass is 10.1. The van der Waals surface area contributed by atoms with Gasteiger partial charge in [-0.1, -0.05) is 35.3 Å². The minimum Gasteiger partial charge on any atom is -0.365 e. The summed E-state index contributed by atoms with van der Waals surface area (Å²) < 4.78 is 40.8. The molecule has 3 rings (SSSR count). The average Bonchev–Trinajstić information content (AvgIpc) is 3.14. The van der Waals surface area contributed by atoms with Gasteiger partial charge >= 0.3 is 6.18 Å². The predicted octanol–water partition coefficient (Wildman–Crippen LogP) is 4.51. The van der Waals surface area contributed by atoms with Crippen LogP contribution in [0.2, 0.25) is 10.2 Å². The molecule has 0 aliphatic rings. The second-order valence-corrected chi connectivity index (χ2v) is 6.98. The summed E-state index contributed by atoms with van der Waals surface area (Å²) in [5.74, 6) is -0.958. The molecular formula is C18H14Cl2F3N5O. The number of carbonyl (C=O) groups is 1. The number of H-pyrrole nitrogens is 1. The van der Waals surface area contributed by atoms with E-state index in [0.29, 0.717) is 10.7 Å². The fraction of sp³-hybridized carbons (Fsp3) is 0.167. The van der Waals surface area contributed by atoms with E-state index in [0.717, 1.165) is 22.5 Å². The number of rotatable bonds is 5. The molecule has 0 spiro atoms. The van der Waals surface area contributed by atoms with Crippen molar-refractivity contribution < 1.29 is 18.0 Å². The number of aliphatic imine (C=N–C) groups is 1. The van der Waals surface area contributed by atoms with E-state index in [2.05, 4.69) is 15.2 Å². The first kappa shape index (κ1) is 20.9. The summed E-state index contributed by atoms with van der Waals surface area (Å²) in [4.78, 5) is 15.9. The molecule has 6 nitrogen and oxygen atoms in total. The summed E-state index contributed by atoms with van der Waals surface area (Å²) in [6.45, 7) is 0. The maximum absolute atomic E-state index is 13.2. The Morgan fingerprint density at radius 2 is 2.10 bits per heavy atom. The summed E-state index contributed by atoms with van der Waals surface area (Å²) in [7, 11) is 1.38. The molecule has 0 unspecified atom stereocenters. The van der Waals surface area contributed by atoms with Crippen molar-refractivity contribution in [2.45, 2.75) is 12.6 Å². The van der Waals surface area contributed by atoms with Gasteiger partial charge in [0, 0.05) is 36.5 Å². The number of amides is 1. The molecule has 0 aliphatic heterocycles. The molecule has 152 valence electrons. The zero-order valence-electron chi connectivity index (χ0n) is 14.9. The minimum atomic E-state index is -4.62. The van der Waals surface area contributed by atoms with Crippen molar-refractivity contribution in [3.8, 4) is 0 Å². The molecule has 0 aliphatic carbocycles. The van der Waals surface area contributed by atoms with Crippen LogP contribution in [0.3, 0.4) is 0 Å². The van der Waals surface area contributed by atoms with E-state index in [1.54, 1.807) is 24.3 Å². The maximum atomic E-state index is 13.2. The summed E-state index contributed by atoms with van der Waals surface area (Å²) in [6.07, 6.45) is -2.60. The van der Waals surface area contributed by atoms with E-state index >= 15 is 0 Å². The van der Waals surface area contributed by atoms with Crippen LogP contribution in [0.4, 0.5) is 19.0 Å². The maximum Gasteiger partial charge on any atom is 0.418 e. The van der Waals surface area contributed by atoms with E-state index in [9.17, 15) is 18.0 Å². The van der Waals surface area contributed by atoms with Crippen LogP contribution < -0.4 is 5.73 Å². The Morgan fingerprint density at radius 3 is 2.72 bits per heavy atom. The Hall–Kier alpha value is -2.78. The van der Waals surface area contributed by atoms with Gasteiger partial charge in [0.25, 0.3) is 5.91 Å². The first-order valence-electron chi connectivity index (χ1n) is 8.15. The highest BCUT2D eigenvalue weighted by Crippen LogP contribution is 2.35. The second-order valence-electron chi connectivity index (χ2n) is 6.19. The highest BCUT2D eigenvalue weighted by Gasteiger charge is 2.36. The molecule has 3 aromatic rings. The van der Waals surface area contributed by atoms with Crippen molar-refractivity contribution >= 4 is 41.1 Å². The Morgan fingerprint density at radius 1 is 1.38 bits per heavy atom. The molecule has 1 amide bonds. The van der Waals surface area contributed by atoms with E-state index in [1.165, 1.54) is 7.05 Å². The molecule has 0 saturated heterocycles. The third kappa shape index (κ3) is 4.46. The molecule has 2 aromatic heterocycles. The molecule has 1 aromatic carbocycles. The molecule has 2 heterocycles. The number of nitrogens with one attached hydrogen (secondary N) is 1. The number of alkyl halides is 3. The third-order valence-electron chi connectivity index (χ3n) is 4.10. The van der Waals surface area contributed by atoms with Gasteiger partial charge in [0.15, 0.2) is 5.82 Å². The Kier molecular flexibility index (Phi) is 5.72. The topological polar surface area (TPSA) is 89.1 Å². The fourth-order valence-electron chi connectivity index (χ4n) is 2.79. The van der Waals surface area contributed by atoms with E-state index in [1.807, 2.05) is 0 Å². The van der Waals surface area contributed by atoms with Gasteiger partial charge in [-0.15, -0.1) is 0 Å². The lowest BCUT2D eigenvalue weighted by molar-refractivity contribution is -0.137. The van der Waals surface area contributed by atoms with Crippen LogP contribution >= 0.6 is 23.2 Å². The Bertz CT molecular complexity index is 1100. The number of aromatic amines is 1. The first-order valence-corrected chi connectivity index (χ1v) is 8.91. The van der Waals surface area contributed by atoms with Gasteiger partial charge in [0.1, 0.15) is 10.7 Å². The highest BCUT2D eigenvalue weighted by atomic mass is 35.5. The molecule has 0 fully saturated rings. The molecule has 0 radical (unpaired) electrons. The summed E-state index contributed by atoms with van der Waals surface area (Å²) in [5.41, 5.74) is 5.26. The summed E-state index contributed by atoms with van der Waals surface area (Å²) >= 11 is 11.9. The van der Waals surface area contributed by atoms with Crippen molar-refractivity contribution in [1.82, 2.24) is 14.8 Å². The van der Waals surface area contributed by atoms with Crippen LogP contribution in [0.25, 0.3) is 0 Å². The van der Waals surface area contributed by atoms with Crippen molar-refractivity contribution in [3.63, 3.8) is 0 Å². The number of carbonyl (C=O) groups excluding carboxylic acids is 1. The molecular weight excluding hydrogens is 430 g/mol. The van der Waals surface area contributed by atoms with E-state index < -0.39 is 17.6 Å². The van der Waals surface area contributed by atoms with Crippen molar-refractivity contribution in [2.24, 2.45) is 17.8 Å². The summed E-state index contributed by atoms with van der Waals surface area (Å²) in [5, 5.41) is 6.93. The SMILES string of the molecule is Cn1cc(C(F)(F)F)c(C=Nc2n[nH]c(Cc3cccc(Cl)c3)c2C(N)=O)c1Cl. The molecule has 11 heteroatoms. The van der Waals surface area contributed by atoms with Gasteiger partial charge in [0.2, 0.25) is 0 Å². The number of hydrogen-bond acceptors (Lipinski definition) is 3. The van der Waals surface area contributed by atoms with Gasteiger partial charge in [-0.2, -0.15) is 18.3 Å². The van der Waals surface area contributed by atoms with Gasteiger partial charge in [-0.05, 0) is 17.7 Å². The van der Waals surface area contributed by atoms with Crippen LogP contribution in [0, 0.1) is 0 Å². The standard InChI is InChI=1S/C18H14Cl2F3N5O/c1-28-8-12(18(21,22)23)11(15(28)20)7-25-17-14(16(24)29)13(26-27-17)6-9-3-2-4-10(19)5-9/h2-5,7-8H,6H2,1H3,(H2,24,29)(H,26,27). The quantitative estimate of drug-likeness (QED) is 0.567. The van der Waals surface area contributed by atoms with Crippen LogP contribution in [-0.4, -0.2) is 26.9 Å². The number of nitrogens with zero attached hydrogens (tertiary/aromatic N) is 3. The number of aromatic nitrogens is 3. The van der Waals surface area contributed by atoms with Gasteiger partial charge < -0.3 is 10.3 Å². The third-order valence-corrected chi connectivity index (χ3v) is 4.81. The fourth-order valence-corrected chi connectivity index (χ4v) is 3.21. The first-order chi connectivity index (χ1) is 13.6. The lowest BCUT2D eigenvalue weighted by Gasteiger charge is -2.04. The number of hydrogen-bond donors (Lipinski definition) is 2. The molecule has 0 bridgehead atoms. The van der Waals surface area contributed by atoms with Gasteiger partial charge in [-0.25, -0.2) is 4.99 Å². The van der Waals surface area contributed by atoms with Crippen molar-refractivity contribution in [3.05, 3.63) is 68.6 Å². The average molecular weight is 444 g/mol. The van der Waals surface area contributed by atoms with Gasteiger partial charge in [0.05, 0.1) is 11.3 Å².